The van der Waals surface area contributed by atoms with Gasteiger partial charge in [0.1, 0.15) is 5.60 Å². The minimum absolute atomic E-state index is 0.102. The molecule has 1 fully saturated rings. The van der Waals surface area contributed by atoms with Gasteiger partial charge >= 0.3 is 12.2 Å². The largest absolute Gasteiger partial charge is 0.465 e. The molecular formula is C11H20N2O5. The van der Waals surface area contributed by atoms with Crippen molar-refractivity contribution in [2.75, 3.05) is 26.2 Å². The number of hydrogen-bond acceptors (Lipinski definition) is 4. The van der Waals surface area contributed by atoms with Gasteiger partial charge in [-0.25, -0.2) is 9.59 Å². The van der Waals surface area contributed by atoms with Gasteiger partial charge in [0.15, 0.2) is 0 Å². The van der Waals surface area contributed by atoms with Crippen LogP contribution in [0.3, 0.4) is 0 Å². The highest BCUT2D eigenvalue weighted by Crippen LogP contribution is 2.15. The number of nitrogens with zero attached hydrogens (tertiary/aromatic N) is 2. The molecule has 7 heteroatoms. The third-order valence-electron chi connectivity index (χ3n) is 2.59. The number of aliphatic hydroxyl groups excluding tert-OH is 1. The Bertz CT molecular complexity index is 326. The number of piperazine rings is 1. The summed E-state index contributed by atoms with van der Waals surface area (Å²) in [6.45, 7) is 5.54. The monoisotopic (exact) mass is 260 g/mol. The van der Waals surface area contributed by atoms with Crippen LogP contribution in [0.2, 0.25) is 0 Å². The molecule has 0 radical (unpaired) electrons. The third-order valence-corrected chi connectivity index (χ3v) is 2.59. The third kappa shape index (κ3) is 3.76. The van der Waals surface area contributed by atoms with Gasteiger partial charge in [0.2, 0.25) is 0 Å². The van der Waals surface area contributed by atoms with E-state index in [-0.39, 0.29) is 26.2 Å². The van der Waals surface area contributed by atoms with Crippen molar-refractivity contribution in [2.45, 2.75) is 32.4 Å². The molecule has 1 rings (SSSR count). The van der Waals surface area contributed by atoms with Crippen LogP contribution in [0.5, 0.6) is 0 Å². The van der Waals surface area contributed by atoms with Crippen LogP contribution in [0.15, 0.2) is 0 Å². The highest BCUT2D eigenvalue weighted by Gasteiger charge is 2.34. The maximum Gasteiger partial charge on any atom is 0.410 e. The number of ether oxygens (including phenoxy) is 1. The van der Waals surface area contributed by atoms with Crippen LogP contribution in [-0.2, 0) is 4.74 Å². The first-order chi connectivity index (χ1) is 8.24. The maximum atomic E-state index is 11.9. The molecule has 7 nitrogen and oxygen atoms in total. The molecule has 0 aromatic rings. The predicted octanol–water partition coefficient (Wildman–Crippen LogP) is 0.578. The van der Waals surface area contributed by atoms with Gasteiger partial charge in [0.05, 0.1) is 12.6 Å². The van der Waals surface area contributed by atoms with Gasteiger partial charge in [0, 0.05) is 19.6 Å². The number of aliphatic hydroxyl groups is 1. The Morgan fingerprint density at radius 2 is 1.94 bits per heavy atom. The summed E-state index contributed by atoms with van der Waals surface area (Å²) in [4.78, 5) is 25.3. The number of rotatable bonds is 1. The lowest BCUT2D eigenvalue weighted by Crippen LogP contribution is -2.58. The molecule has 1 heterocycles. The van der Waals surface area contributed by atoms with E-state index in [1.54, 1.807) is 20.8 Å². The van der Waals surface area contributed by atoms with E-state index in [0.717, 1.165) is 0 Å². The fourth-order valence-corrected chi connectivity index (χ4v) is 1.75. The van der Waals surface area contributed by atoms with E-state index in [0.29, 0.717) is 0 Å². The number of amides is 2. The van der Waals surface area contributed by atoms with Crippen molar-refractivity contribution in [1.82, 2.24) is 9.80 Å². The first-order valence-corrected chi connectivity index (χ1v) is 5.83. The molecule has 1 atom stereocenters. The topological polar surface area (TPSA) is 90.3 Å². The smallest absolute Gasteiger partial charge is 0.410 e. The molecule has 1 saturated heterocycles. The van der Waals surface area contributed by atoms with Gasteiger partial charge in [0.25, 0.3) is 0 Å². The first kappa shape index (κ1) is 14.6. The Kier molecular flexibility index (Phi) is 4.39. The fraction of sp³-hybridized carbons (Fsp3) is 0.818. The normalized spacial score (nSPS) is 20.8. The molecule has 1 aliphatic heterocycles. The molecular weight excluding hydrogens is 240 g/mol. The van der Waals surface area contributed by atoms with Gasteiger partial charge in [-0.15, -0.1) is 0 Å². The summed E-state index contributed by atoms with van der Waals surface area (Å²) in [5.74, 6) is 0. The van der Waals surface area contributed by atoms with E-state index in [1.165, 1.54) is 9.80 Å². The van der Waals surface area contributed by atoms with Gasteiger partial charge in [-0.3, -0.25) is 4.90 Å². The lowest BCUT2D eigenvalue weighted by atomic mass is 10.2. The van der Waals surface area contributed by atoms with Crippen molar-refractivity contribution >= 4 is 12.2 Å². The molecule has 0 saturated carbocycles. The van der Waals surface area contributed by atoms with Crippen molar-refractivity contribution in [3.8, 4) is 0 Å². The molecule has 2 N–H and O–H groups in total. The zero-order chi connectivity index (χ0) is 13.9. The SMILES string of the molecule is CC(C)(C)OC(=O)N1CCN(C(=O)O)CC1CO. The van der Waals surface area contributed by atoms with Crippen molar-refractivity contribution in [2.24, 2.45) is 0 Å². The van der Waals surface area contributed by atoms with E-state index in [4.69, 9.17) is 9.84 Å². The average molecular weight is 260 g/mol. The Morgan fingerprint density at radius 1 is 1.33 bits per heavy atom. The van der Waals surface area contributed by atoms with Crippen molar-refractivity contribution in [1.29, 1.82) is 0 Å². The maximum absolute atomic E-state index is 11.9. The second-order valence-electron chi connectivity index (χ2n) is 5.24. The molecule has 0 aliphatic carbocycles. The molecule has 0 aromatic carbocycles. The Morgan fingerprint density at radius 3 is 2.39 bits per heavy atom. The fourth-order valence-electron chi connectivity index (χ4n) is 1.75. The minimum Gasteiger partial charge on any atom is -0.465 e. The molecule has 2 amide bonds. The van der Waals surface area contributed by atoms with Crippen molar-refractivity contribution in [3.05, 3.63) is 0 Å². The van der Waals surface area contributed by atoms with Gasteiger partial charge < -0.3 is 19.8 Å². The molecule has 1 unspecified atom stereocenters. The summed E-state index contributed by atoms with van der Waals surface area (Å²) < 4.78 is 5.21. The second kappa shape index (κ2) is 5.43. The molecule has 104 valence electrons. The standard InChI is InChI=1S/C11H20N2O5/c1-11(2,3)18-10(17)13-5-4-12(9(15)16)6-8(13)7-14/h8,14H,4-7H2,1-3H3,(H,15,16). The van der Waals surface area contributed by atoms with E-state index < -0.39 is 23.8 Å². The first-order valence-electron chi connectivity index (χ1n) is 5.83. The van der Waals surface area contributed by atoms with Crippen LogP contribution >= 0.6 is 0 Å². The highest BCUT2D eigenvalue weighted by atomic mass is 16.6. The summed E-state index contributed by atoms with van der Waals surface area (Å²) in [7, 11) is 0. The quantitative estimate of drug-likeness (QED) is 0.719. The van der Waals surface area contributed by atoms with Crippen LogP contribution in [0.4, 0.5) is 9.59 Å². The van der Waals surface area contributed by atoms with Crippen LogP contribution in [0.25, 0.3) is 0 Å². The van der Waals surface area contributed by atoms with Crippen LogP contribution in [-0.4, -0.2) is 70.1 Å². The summed E-state index contributed by atoms with van der Waals surface area (Å²) in [5.41, 5.74) is -0.610. The van der Waals surface area contributed by atoms with E-state index in [1.807, 2.05) is 0 Å². The molecule has 0 bridgehead atoms. The average Bonchev–Trinajstić information content (AvgIpc) is 2.25. The predicted molar refractivity (Wildman–Crippen MR) is 63.4 cm³/mol. The molecule has 1 aliphatic rings. The van der Waals surface area contributed by atoms with Gasteiger partial charge in [-0.2, -0.15) is 0 Å². The summed E-state index contributed by atoms with van der Waals surface area (Å²) in [6.07, 6.45) is -1.57. The lowest BCUT2D eigenvalue weighted by molar-refractivity contribution is -0.00958. The van der Waals surface area contributed by atoms with Crippen LogP contribution < -0.4 is 0 Å². The number of carbonyl (C=O) groups is 2. The summed E-state index contributed by atoms with van der Waals surface area (Å²) in [6, 6.07) is -0.551. The molecule has 0 spiro atoms. The number of hydrogen-bond donors (Lipinski definition) is 2. The van der Waals surface area contributed by atoms with Crippen molar-refractivity contribution < 1.29 is 24.5 Å². The second-order valence-corrected chi connectivity index (χ2v) is 5.24. The van der Waals surface area contributed by atoms with Gasteiger partial charge in [-0.05, 0) is 20.8 Å². The minimum atomic E-state index is -1.04. The van der Waals surface area contributed by atoms with Crippen molar-refractivity contribution in [3.63, 3.8) is 0 Å². The Labute approximate surface area is 106 Å². The summed E-state index contributed by atoms with van der Waals surface area (Å²) >= 11 is 0. The highest BCUT2D eigenvalue weighted by molar-refractivity contribution is 5.70. The Balaban J connectivity index is 2.67. The molecule has 0 aromatic heterocycles. The zero-order valence-electron chi connectivity index (χ0n) is 10.9. The lowest BCUT2D eigenvalue weighted by Gasteiger charge is -2.39. The number of carboxylic acid groups (broad SMARTS) is 1. The van der Waals surface area contributed by atoms with Crippen LogP contribution in [0, 0.1) is 0 Å². The number of carbonyl (C=O) groups excluding carboxylic acids is 1. The van der Waals surface area contributed by atoms with E-state index >= 15 is 0 Å². The summed E-state index contributed by atoms with van der Waals surface area (Å²) in [5, 5.41) is 18.1. The van der Waals surface area contributed by atoms with Gasteiger partial charge in [-0.1, -0.05) is 0 Å². The zero-order valence-corrected chi connectivity index (χ0v) is 10.9. The molecule has 18 heavy (non-hydrogen) atoms. The van der Waals surface area contributed by atoms with Crippen LogP contribution in [0.1, 0.15) is 20.8 Å². The Hall–Kier alpha value is -1.50. The van der Waals surface area contributed by atoms with E-state index in [2.05, 4.69) is 0 Å². The van der Waals surface area contributed by atoms with E-state index in [9.17, 15) is 14.7 Å².